The molecule has 136 valence electrons. The van der Waals surface area contributed by atoms with Gasteiger partial charge >= 0.3 is 6.18 Å². The molecule has 0 aliphatic heterocycles. The summed E-state index contributed by atoms with van der Waals surface area (Å²) in [6.07, 6.45) is -1.92. The van der Waals surface area contributed by atoms with Crippen LogP contribution in [0.2, 0.25) is 0 Å². The van der Waals surface area contributed by atoms with Crippen LogP contribution in [0.1, 0.15) is 24.0 Å². The molecule has 0 amide bonds. The number of hydrogen-bond donors (Lipinski definition) is 1. The van der Waals surface area contributed by atoms with Crippen molar-refractivity contribution in [2.45, 2.75) is 32.1 Å². The number of hydrogen-bond acceptors (Lipinski definition) is 3. The van der Waals surface area contributed by atoms with Crippen LogP contribution in [0.15, 0.2) is 40.9 Å². The maximum absolute atomic E-state index is 13.1. The summed E-state index contributed by atoms with van der Waals surface area (Å²) in [5, 5.41) is 11.5. The van der Waals surface area contributed by atoms with Crippen LogP contribution in [0.5, 0.6) is 0 Å². The molecule has 26 heavy (non-hydrogen) atoms. The van der Waals surface area contributed by atoms with E-state index in [0.29, 0.717) is 21.6 Å². The van der Waals surface area contributed by atoms with Crippen molar-refractivity contribution < 1.29 is 13.2 Å². The van der Waals surface area contributed by atoms with Crippen LogP contribution in [0.4, 0.5) is 18.9 Å². The van der Waals surface area contributed by atoms with E-state index in [1.54, 1.807) is 6.07 Å². The number of halogens is 4. The number of nitrogens with one attached hydrogen (secondary N) is 1. The molecule has 1 aliphatic carbocycles. The van der Waals surface area contributed by atoms with E-state index in [1.165, 1.54) is 25.0 Å². The minimum Gasteiger partial charge on any atom is -0.380 e. The van der Waals surface area contributed by atoms with Crippen molar-refractivity contribution in [3.05, 3.63) is 52.0 Å². The molecule has 3 aromatic rings. The van der Waals surface area contributed by atoms with Gasteiger partial charge < -0.3 is 5.32 Å². The summed E-state index contributed by atoms with van der Waals surface area (Å²) >= 11 is 3.51. The quantitative estimate of drug-likeness (QED) is 0.609. The van der Waals surface area contributed by atoms with Gasteiger partial charge in [-0.15, -0.1) is 5.10 Å². The number of alkyl halides is 3. The molecular formula is C18H16BrF3N4. The fraction of sp³-hybridized carbons (Fsp3) is 0.333. The largest absolute Gasteiger partial charge is 0.416 e. The summed E-state index contributed by atoms with van der Waals surface area (Å²) in [4.78, 5) is 0. The second-order valence-corrected chi connectivity index (χ2v) is 7.31. The highest BCUT2D eigenvalue weighted by atomic mass is 79.9. The third kappa shape index (κ3) is 3.42. The highest BCUT2D eigenvalue weighted by Gasteiger charge is 2.32. The fourth-order valence-corrected chi connectivity index (χ4v) is 3.52. The summed E-state index contributed by atoms with van der Waals surface area (Å²) in [6.45, 7) is 0.921. The van der Waals surface area contributed by atoms with E-state index in [1.807, 2.05) is 16.8 Å². The van der Waals surface area contributed by atoms with Crippen molar-refractivity contribution in [1.82, 2.24) is 15.0 Å². The number of fused-ring (bicyclic) bond motifs is 1. The Balaban J connectivity index is 1.57. The first kappa shape index (κ1) is 17.3. The number of rotatable bonds is 5. The summed E-state index contributed by atoms with van der Waals surface area (Å²) < 4.78 is 41.9. The molecule has 2 aromatic carbocycles. The Morgan fingerprint density at radius 2 is 1.92 bits per heavy atom. The summed E-state index contributed by atoms with van der Waals surface area (Å²) in [6, 6.07) is 9.32. The van der Waals surface area contributed by atoms with Crippen LogP contribution >= 0.6 is 15.9 Å². The average Bonchev–Trinajstić information content (AvgIpc) is 3.33. The van der Waals surface area contributed by atoms with Crippen LogP contribution < -0.4 is 5.32 Å². The Morgan fingerprint density at radius 1 is 1.15 bits per heavy atom. The van der Waals surface area contributed by atoms with Crippen LogP contribution in [0.25, 0.3) is 11.0 Å². The second kappa shape index (κ2) is 6.57. The van der Waals surface area contributed by atoms with Crippen LogP contribution in [-0.2, 0) is 19.3 Å². The molecule has 0 saturated heterocycles. The molecule has 1 heterocycles. The maximum Gasteiger partial charge on any atom is 0.416 e. The van der Waals surface area contributed by atoms with Crippen molar-refractivity contribution in [2.75, 3.05) is 5.32 Å². The third-order valence-electron chi connectivity index (χ3n) is 4.55. The van der Waals surface area contributed by atoms with Gasteiger partial charge in [0, 0.05) is 13.1 Å². The van der Waals surface area contributed by atoms with Gasteiger partial charge in [0.2, 0.25) is 0 Å². The van der Waals surface area contributed by atoms with Crippen LogP contribution in [0, 0.1) is 5.92 Å². The van der Waals surface area contributed by atoms with Gasteiger partial charge in [-0.05, 0) is 58.5 Å². The van der Waals surface area contributed by atoms with Gasteiger partial charge in [-0.1, -0.05) is 23.4 Å². The van der Waals surface area contributed by atoms with E-state index >= 15 is 0 Å². The lowest BCUT2D eigenvalue weighted by atomic mass is 10.1. The Hall–Kier alpha value is -2.09. The molecule has 1 saturated carbocycles. The molecule has 8 heteroatoms. The summed E-state index contributed by atoms with van der Waals surface area (Å²) in [5.74, 6) is 0.676. The molecule has 1 fully saturated rings. The normalized spacial score (nSPS) is 14.8. The zero-order valence-corrected chi connectivity index (χ0v) is 15.3. The van der Waals surface area contributed by atoms with Crippen LogP contribution in [0.3, 0.4) is 0 Å². The molecule has 0 atom stereocenters. The highest BCUT2D eigenvalue weighted by molar-refractivity contribution is 9.10. The van der Waals surface area contributed by atoms with Crippen molar-refractivity contribution in [1.29, 1.82) is 0 Å². The number of nitrogens with zero attached hydrogens (tertiary/aromatic N) is 3. The topological polar surface area (TPSA) is 42.7 Å². The lowest BCUT2D eigenvalue weighted by molar-refractivity contribution is -0.138. The Labute approximate surface area is 156 Å². The molecule has 0 spiro atoms. The van der Waals surface area contributed by atoms with Gasteiger partial charge in [0.05, 0.1) is 21.2 Å². The van der Waals surface area contributed by atoms with Crippen LogP contribution in [-0.4, -0.2) is 15.0 Å². The monoisotopic (exact) mass is 424 g/mol. The average molecular weight is 425 g/mol. The van der Waals surface area contributed by atoms with Crippen molar-refractivity contribution in [3.8, 4) is 0 Å². The molecule has 4 rings (SSSR count). The van der Waals surface area contributed by atoms with E-state index in [0.717, 1.165) is 18.1 Å². The van der Waals surface area contributed by atoms with Gasteiger partial charge in [0.15, 0.2) is 0 Å². The van der Waals surface area contributed by atoms with Crippen molar-refractivity contribution in [3.63, 3.8) is 0 Å². The van der Waals surface area contributed by atoms with Gasteiger partial charge in [0.25, 0.3) is 0 Å². The standard InChI is InChI=1S/C18H16BrF3N4/c19-16-14(23-9-12-3-1-2-4-13(12)18(20,21)22)7-8-15-17(16)24-25-26(15)10-11-5-6-11/h1-4,7-8,11,23H,5-6,9-10H2. The molecular weight excluding hydrogens is 409 g/mol. The zero-order chi connectivity index (χ0) is 18.3. The Bertz CT molecular complexity index is 947. The number of anilines is 1. The van der Waals surface area contributed by atoms with Gasteiger partial charge in [-0.2, -0.15) is 13.2 Å². The van der Waals surface area contributed by atoms with Crippen molar-refractivity contribution >= 4 is 32.7 Å². The Kier molecular flexibility index (Phi) is 4.38. The lowest BCUT2D eigenvalue weighted by Crippen LogP contribution is -2.11. The lowest BCUT2D eigenvalue weighted by Gasteiger charge is -2.14. The molecule has 0 unspecified atom stereocenters. The van der Waals surface area contributed by atoms with Crippen molar-refractivity contribution in [2.24, 2.45) is 5.92 Å². The summed E-state index contributed by atoms with van der Waals surface area (Å²) in [7, 11) is 0. The van der Waals surface area contributed by atoms with Gasteiger partial charge in [-0.3, -0.25) is 0 Å². The van der Waals surface area contributed by atoms with Gasteiger partial charge in [-0.25, -0.2) is 4.68 Å². The summed E-state index contributed by atoms with van der Waals surface area (Å²) in [5.41, 5.74) is 1.89. The predicted octanol–water partition coefficient (Wildman–Crippen LogP) is 5.23. The fourth-order valence-electron chi connectivity index (χ4n) is 2.96. The van der Waals surface area contributed by atoms with E-state index in [-0.39, 0.29) is 12.1 Å². The SMILES string of the molecule is FC(F)(F)c1ccccc1CNc1ccc2c(nnn2CC2CC2)c1Br. The third-order valence-corrected chi connectivity index (χ3v) is 5.35. The molecule has 1 aromatic heterocycles. The molecule has 1 N–H and O–H groups in total. The van der Waals surface area contributed by atoms with E-state index < -0.39 is 11.7 Å². The second-order valence-electron chi connectivity index (χ2n) is 6.52. The minimum absolute atomic E-state index is 0.0655. The number of benzene rings is 2. The van der Waals surface area contributed by atoms with Gasteiger partial charge in [0.1, 0.15) is 5.52 Å². The first-order valence-electron chi connectivity index (χ1n) is 8.34. The van der Waals surface area contributed by atoms with E-state index in [2.05, 4.69) is 31.6 Å². The van der Waals surface area contributed by atoms with E-state index in [9.17, 15) is 13.2 Å². The molecule has 1 aliphatic rings. The predicted molar refractivity (Wildman–Crippen MR) is 96.7 cm³/mol. The van der Waals surface area contributed by atoms with E-state index in [4.69, 9.17) is 0 Å². The molecule has 4 nitrogen and oxygen atoms in total. The maximum atomic E-state index is 13.1. The molecule has 0 radical (unpaired) electrons. The minimum atomic E-state index is -4.37. The Morgan fingerprint density at radius 3 is 2.65 bits per heavy atom. The zero-order valence-electron chi connectivity index (χ0n) is 13.7. The highest BCUT2D eigenvalue weighted by Crippen LogP contribution is 2.35. The smallest absolute Gasteiger partial charge is 0.380 e. The first-order chi connectivity index (χ1) is 12.4. The first-order valence-corrected chi connectivity index (χ1v) is 9.13. The number of aromatic nitrogens is 3. The molecule has 0 bridgehead atoms.